The lowest BCUT2D eigenvalue weighted by molar-refractivity contribution is 0.416. The largest absolute Gasteiger partial charge is 0.495 e. The van der Waals surface area contributed by atoms with Gasteiger partial charge in [-0.15, -0.1) is 0 Å². The van der Waals surface area contributed by atoms with E-state index in [1.807, 2.05) is 39.1 Å². The third-order valence-corrected chi connectivity index (χ3v) is 2.12. The first-order valence-corrected chi connectivity index (χ1v) is 6.13. The van der Waals surface area contributed by atoms with E-state index < -0.39 is 0 Å². The number of aryl methyl sites for hydroxylation is 1. The quantitative estimate of drug-likeness (QED) is 0.643. The average molecular weight is 236 g/mol. The molecule has 0 amide bonds. The van der Waals surface area contributed by atoms with Crippen molar-refractivity contribution in [1.29, 1.82) is 0 Å². The Morgan fingerprint density at radius 2 is 2.00 bits per heavy atom. The number of anilines is 1. The first kappa shape index (κ1) is 15.5. The SMILES string of the molecule is CC.CCCN=Cc1cc(C)cc(OC)c1N. The van der Waals surface area contributed by atoms with E-state index in [1.165, 1.54) is 0 Å². The smallest absolute Gasteiger partial charge is 0.142 e. The van der Waals surface area contributed by atoms with Gasteiger partial charge in [-0.25, -0.2) is 0 Å². The Morgan fingerprint density at radius 3 is 2.53 bits per heavy atom. The molecule has 0 unspecified atom stereocenters. The summed E-state index contributed by atoms with van der Waals surface area (Å²) in [6, 6.07) is 3.93. The van der Waals surface area contributed by atoms with Gasteiger partial charge in [-0.1, -0.05) is 20.8 Å². The van der Waals surface area contributed by atoms with Crippen LogP contribution in [0.1, 0.15) is 38.3 Å². The van der Waals surface area contributed by atoms with Crippen LogP contribution in [0, 0.1) is 6.92 Å². The van der Waals surface area contributed by atoms with Crippen molar-refractivity contribution in [1.82, 2.24) is 0 Å². The van der Waals surface area contributed by atoms with Gasteiger partial charge >= 0.3 is 0 Å². The number of nitrogens with two attached hydrogens (primary N) is 1. The van der Waals surface area contributed by atoms with Crippen LogP contribution in [-0.2, 0) is 0 Å². The summed E-state index contributed by atoms with van der Waals surface area (Å²) in [5.74, 6) is 0.716. The fraction of sp³-hybridized carbons (Fsp3) is 0.500. The highest BCUT2D eigenvalue weighted by atomic mass is 16.5. The molecule has 0 saturated heterocycles. The van der Waals surface area contributed by atoms with Crippen molar-refractivity contribution in [2.45, 2.75) is 34.1 Å². The summed E-state index contributed by atoms with van der Waals surface area (Å²) in [6.07, 6.45) is 2.85. The Balaban J connectivity index is 0.00000121. The highest BCUT2D eigenvalue weighted by Crippen LogP contribution is 2.25. The molecule has 0 saturated carbocycles. The van der Waals surface area contributed by atoms with Crippen LogP contribution >= 0.6 is 0 Å². The van der Waals surface area contributed by atoms with Gasteiger partial charge in [0.15, 0.2) is 0 Å². The Labute approximate surface area is 105 Å². The summed E-state index contributed by atoms with van der Waals surface area (Å²) in [7, 11) is 1.62. The van der Waals surface area contributed by atoms with E-state index >= 15 is 0 Å². The van der Waals surface area contributed by atoms with E-state index in [0.717, 1.165) is 24.1 Å². The van der Waals surface area contributed by atoms with E-state index in [2.05, 4.69) is 11.9 Å². The summed E-state index contributed by atoms with van der Waals surface area (Å²) in [6.45, 7) is 8.94. The number of nitrogen functional groups attached to an aromatic ring is 1. The summed E-state index contributed by atoms with van der Waals surface area (Å²) in [5, 5.41) is 0. The molecule has 1 rings (SSSR count). The van der Waals surface area contributed by atoms with Crippen LogP contribution in [-0.4, -0.2) is 19.9 Å². The molecule has 0 aliphatic rings. The topological polar surface area (TPSA) is 47.6 Å². The minimum absolute atomic E-state index is 0.656. The number of rotatable bonds is 4. The fourth-order valence-electron chi connectivity index (χ4n) is 1.36. The molecule has 0 spiro atoms. The van der Waals surface area contributed by atoms with Crippen molar-refractivity contribution >= 4 is 11.9 Å². The fourth-order valence-corrected chi connectivity index (χ4v) is 1.36. The molecule has 2 N–H and O–H groups in total. The van der Waals surface area contributed by atoms with Crippen LogP contribution in [0.25, 0.3) is 0 Å². The molecule has 0 heterocycles. The van der Waals surface area contributed by atoms with Crippen molar-refractivity contribution in [2.75, 3.05) is 19.4 Å². The second-order valence-corrected chi connectivity index (χ2v) is 3.51. The Hall–Kier alpha value is -1.51. The molecule has 3 nitrogen and oxygen atoms in total. The molecular weight excluding hydrogens is 212 g/mol. The van der Waals surface area contributed by atoms with Crippen LogP contribution in [0.5, 0.6) is 5.75 Å². The van der Waals surface area contributed by atoms with Gasteiger partial charge in [-0.3, -0.25) is 4.99 Å². The number of nitrogens with zero attached hydrogens (tertiary/aromatic N) is 1. The lowest BCUT2D eigenvalue weighted by atomic mass is 10.1. The van der Waals surface area contributed by atoms with Crippen LogP contribution in [0.2, 0.25) is 0 Å². The Bertz CT molecular complexity index is 359. The molecule has 96 valence electrons. The molecule has 1 aromatic rings. The molecule has 0 atom stereocenters. The summed E-state index contributed by atoms with van der Waals surface area (Å²) >= 11 is 0. The minimum Gasteiger partial charge on any atom is -0.495 e. The number of hydrogen-bond donors (Lipinski definition) is 1. The Kier molecular flexibility index (Phi) is 7.85. The summed E-state index contributed by atoms with van der Waals surface area (Å²) in [4.78, 5) is 4.28. The van der Waals surface area contributed by atoms with Gasteiger partial charge in [0.2, 0.25) is 0 Å². The highest BCUT2D eigenvalue weighted by molar-refractivity contribution is 5.89. The van der Waals surface area contributed by atoms with Gasteiger partial charge in [0.25, 0.3) is 0 Å². The third-order valence-electron chi connectivity index (χ3n) is 2.12. The Morgan fingerprint density at radius 1 is 1.35 bits per heavy atom. The maximum absolute atomic E-state index is 5.93. The molecule has 0 radical (unpaired) electrons. The van der Waals surface area contributed by atoms with Crippen molar-refractivity contribution in [2.24, 2.45) is 4.99 Å². The third kappa shape index (κ3) is 4.89. The van der Waals surface area contributed by atoms with Crippen LogP contribution < -0.4 is 10.5 Å². The van der Waals surface area contributed by atoms with Gasteiger partial charge in [-0.05, 0) is 31.0 Å². The monoisotopic (exact) mass is 236 g/mol. The second-order valence-electron chi connectivity index (χ2n) is 3.51. The average Bonchev–Trinajstić information content (AvgIpc) is 2.35. The standard InChI is InChI=1S/C12H18N2O.C2H6/c1-4-5-14-8-10-6-9(2)7-11(15-3)12(10)13;1-2/h6-8H,4-5,13H2,1-3H3;1-2H3. The first-order valence-electron chi connectivity index (χ1n) is 6.13. The van der Waals surface area contributed by atoms with Crippen molar-refractivity contribution in [3.63, 3.8) is 0 Å². The molecule has 1 aromatic carbocycles. The maximum atomic E-state index is 5.93. The number of aliphatic imine (C=N–C) groups is 1. The van der Waals surface area contributed by atoms with E-state index in [9.17, 15) is 0 Å². The van der Waals surface area contributed by atoms with Crippen molar-refractivity contribution in [3.05, 3.63) is 23.3 Å². The number of benzene rings is 1. The molecule has 0 bridgehead atoms. The number of hydrogen-bond acceptors (Lipinski definition) is 3. The maximum Gasteiger partial charge on any atom is 0.142 e. The lowest BCUT2D eigenvalue weighted by Gasteiger charge is -2.08. The lowest BCUT2D eigenvalue weighted by Crippen LogP contribution is -1.99. The van der Waals surface area contributed by atoms with Gasteiger partial charge in [0, 0.05) is 18.3 Å². The molecule has 0 fully saturated rings. The molecule has 0 aliphatic carbocycles. The zero-order chi connectivity index (χ0) is 13.3. The normalized spacial score (nSPS) is 9.94. The number of ether oxygens (including phenoxy) is 1. The summed E-state index contributed by atoms with van der Waals surface area (Å²) < 4.78 is 5.19. The van der Waals surface area contributed by atoms with Gasteiger partial charge in [0.1, 0.15) is 5.75 Å². The highest BCUT2D eigenvalue weighted by Gasteiger charge is 2.04. The number of methoxy groups -OCH3 is 1. The van der Waals surface area contributed by atoms with Gasteiger partial charge < -0.3 is 10.5 Å². The molecular formula is C14H24N2O. The predicted octanol–water partition coefficient (Wildman–Crippen LogP) is 3.44. The van der Waals surface area contributed by atoms with Crippen LogP contribution in [0.4, 0.5) is 5.69 Å². The first-order chi connectivity index (χ1) is 8.19. The van der Waals surface area contributed by atoms with Crippen molar-refractivity contribution < 1.29 is 4.74 Å². The molecule has 17 heavy (non-hydrogen) atoms. The zero-order valence-electron chi connectivity index (χ0n) is 11.6. The zero-order valence-corrected chi connectivity index (χ0v) is 11.6. The van der Waals surface area contributed by atoms with Crippen molar-refractivity contribution in [3.8, 4) is 5.75 Å². The van der Waals surface area contributed by atoms with E-state index in [4.69, 9.17) is 10.5 Å². The van der Waals surface area contributed by atoms with Gasteiger partial charge in [-0.2, -0.15) is 0 Å². The van der Waals surface area contributed by atoms with Gasteiger partial charge in [0.05, 0.1) is 12.8 Å². The van der Waals surface area contributed by atoms with Crippen LogP contribution in [0.15, 0.2) is 17.1 Å². The van der Waals surface area contributed by atoms with E-state index in [1.54, 1.807) is 7.11 Å². The molecule has 0 aliphatic heterocycles. The molecule has 0 aromatic heterocycles. The van der Waals surface area contributed by atoms with Crippen LogP contribution in [0.3, 0.4) is 0 Å². The van der Waals surface area contributed by atoms with E-state index in [0.29, 0.717) is 11.4 Å². The minimum atomic E-state index is 0.656. The second kappa shape index (κ2) is 8.62. The summed E-state index contributed by atoms with van der Waals surface area (Å²) in [5.41, 5.74) is 8.64. The molecule has 3 heteroatoms. The van der Waals surface area contributed by atoms with E-state index in [-0.39, 0.29) is 0 Å². The predicted molar refractivity (Wildman–Crippen MR) is 76.2 cm³/mol.